The van der Waals surface area contributed by atoms with Gasteiger partial charge >= 0.3 is 0 Å². The van der Waals surface area contributed by atoms with Crippen molar-refractivity contribution in [2.45, 2.75) is 39.3 Å². The second kappa shape index (κ2) is 10.0. The molecule has 0 saturated carbocycles. The minimum atomic E-state index is -3.70. The molecular weight excluding hydrogens is 420 g/mol. The van der Waals surface area contributed by atoms with E-state index in [1.807, 2.05) is 93.6 Å². The van der Waals surface area contributed by atoms with Crippen molar-refractivity contribution in [1.82, 2.24) is 5.32 Å². The summed E-state index contributed by atoms with van der Waals surface area (Å²) in [7, 11) is -3.70. The Morgan fingerprint density at radius 1 is 0.875 bits per heavy atom. The van der Waals surface area contributed by atoms with E-state index >= 15 is 0 Å². The maximum atomic E-state index is 13.5. The lowest BCUT2D eigenvalue weighted by Gasteiger charge is -2.32. The number of hydrogen-bond donors (Lipinski definition) is 1. The van der Waals surface area contributed by atoms with E-state index in [0.717, 1.165) is 28.5 Å². The first kappa shape index (κ1) is 23.5. The standard InChI is InChI=1S/C26H30N2O3S/c1-5-24(28(32(4,30)31)23-17-16-19(2)20(3)18-23)26(29)27-25(21-12-8-6-9-13-21)22-14-10-7-11-15-22/h6-18,24-25H,5H2,1-4H3,(H,27,29). The maximum Gasteiger partial charge on any atom is 0.244 e. The predicted molar refractivity (Wildman–Crippen MR) is 130 cm³/mol. The zero-order valence-electron chi connectivity index (χ0n) is 18.9. The van der Waals surface area contributed by atoms with Crippen LogP contribution < -0.4 is 9.62 Å². The summed E-state index contributed by atoms with van der Waals surface area (Å²) in [4.78, 5) is 13.5. The van der Waals surface area contributed by atoms with Crippen LogP contribution in [0.15, 0.2) is 78.9 Å². The minimum Gasteiger partial charge on any atom is -0.343 e. The van der Waals surface area contributed by atoms with Crippen molar-refractivity contribution in [3.8, 4) is 0 Å². The van der Waals surface area contributed by atoms with E-state index in [1.54, 1.807) is 6.07 Å². The molecule has 0 aromatic heterocycles. The van der Waals surface area contributed by atoms with Gasteiger partial charge in [0, 0.05) is 0 Å². The fourth-order valence-corrected chi connectivity index (χ4v) is 5.02. The molecule has 1 atom stereocenters. The number of rotatable bonds is 8. The molecule has 0 bridgehead atoms. The minimum absolute atomic E-state index is 0.335. The zero-order valence-corrected chi connectivity index (χ0v) is 19.8. The molecule has 3 aromatic carbocycles. The summed E-state index contributed by atoms with van der Waals surface area (Å²) in [5.41, 5.74) is 4.39. The molecule has 3 rings (SSSR count). The average Bonchev–Trinajstić information content (AvgIpc) is 2.78. The number of anilines is 1. The normalized spacial score (nSPS) is 12.4. The molecule has 1 unspecified atom stereocenters. The number of carbonyl (C=O) groups is 1. The summed E-state index contributed by atoms with van der Waals surface area (Å²) in [6.45, 7) is 5.73. The van der Waals surface area contributed by atoms with Crippen LogP contribution in [0, 0.1) is 13.8 Å². The summed E-state index contributed by atoms with van der Waals surface area (Å²) in [5.74, 6) is -0.339. The molecule has 0 fully saturated rings. The largest absolute Gasteiger partial charge is 0.343 e. The number of amides is 1. The zero-order chi connectivity index (χ0) is 23.3. The fourth-order valence-electron chi connectivity index (χ4n) is 3.81. The molecule has 1 amide bonds. The van der Waals surface area contributed by atoms with E-state index in [9.17, 15) is 13.2 Å². The molecule has 0 aliphatic rings. The average molecular weight is 451 g/mol. The number of carbonyl (C=O) groups excluding carboxylic acids is 1. The van der Waals surface area contributed by atoms with Crippen LogP contribution in [0.5, 0.6) is 0 Å². The van der Waals surface area contributed by atoms with Gasteiger partial charge in [0.05, 0.1) is 18.0 Å². The second-order valence-electron chi connectivity index (χ2n) is 8.01. The molecule has 0 aliphatic carbocycles. The molecule has 0 heterocycles. The molecule has 3 aromatic rings. The van der Waals surface area contributed by atoms with Gasteiger partial charge < -0.3 is 5.32 Å². The molecule has 0 aliphatic heterocycles. The predicted octanol–water partition coefficient (Wildman–Crippen LogP) is 4.75. The van der Waals surface area contributed by atoms with Gasteiger partial charge in [-0.3, -0.25) is 9.10 Å². The highest BCUT2D eigenvalue weighted by molar-refractivity contribution is 7.92. The van der Waals surface area contributed by atoms with Gasteiger partial charge in [-0.2, -0.15) is 0 Å². The summed E-state index contributed by atoms with van der Waals surface area (Å²) in [5, 5.41) is 3.10. The summed E-state index contributed by atoms with van der Waals surface area (Å²) >= 11 is 0. The van der Waals surface area contributed by atoms with Gasteiger partial charge in [-0.25, -0.2) is 8.42 Å². The molecule has 32 heavy (non-hydrogen) atoms. The summed E-state index contributed by atoms with van der Waals surface area (Å²) < 4.78 is 26.8. The Kier molecular flexibility index (Phi) is 7.36. The monoisotopic (exact) mass is 450 g/mol. The van der Waals surface area contributed by atoms with Crippen LogP contribution in [0.1, 0.15) is 41.6 Å². The van der Waals surface area contributed by atoms with E-state index in [-0.39, 0.29) is 11.9 Å². The van der Waals surface area contributed by atoms with Gasteiger partial charge in [-0.05, 0) is 54.7 Å². The van der Waals surface area contributed by atoms with E-state index in [4.69, 9.17) is 0 Å². The second-order valence-corrected chi connectivity index (χ2v) is 9.87. The smallest absolute Gasteiger partial charge is 0.244 e. The first-order valence-corrected chi connectivity index (χ1v) is 12.5. The third-order valence-electron chi connectivity index (χ3n) is 5.63. The number of nitrogens with zero attached hydrogens (tertiary/aromatic N) is 1. The molecule has 168 valence electrons. The van der Waals surface area contributed by atoms with Crippen molar-refractivity contribution < 1.29 is 13.2 Å². The highest BCUT2D eigenvalue weighted by Gasteiger charge is 2.33. The molecule has 0 saturated heterocycles. The van der Waals surface area contributed by atoms with E-state index < -0.39 is 16.1 Å². The quantitative estimate of drug-likeness (QED) is 0.538. The Morgan fingerprint density at radius 2 is 1.41 bits per heavy atom. The third-order valence-corrected chi connectivity index (χ3v) is 6.81. The molecule has 5 nitrogen and oxygen atoms in total. The molecule has 1 N–H and O–H groups in total. The highest BCUT2D eigenvalue weighted by Crippen LogP contribution is 2.27. The first-order valence-electron chi connectivity index (χ1n) is 10.7. The van der Waals surface area contributed by atoms with Crippen LogP contribution in [0.2, 0.25) is 0 Å². The Labute approximate surface area is 191 Å². The van der Waals surface area contributed by atoms with Crippen LogP contribution in [0.25, 0.3) is 0 Å². The Balaban J connectivity index is 2.00. The van der Waals surface area contributed by atoms with E-state index in [0.29, 0.717) is 12.1 Å². The molecular formula is C26H30N2O3S. The van der Waals surface area contributed by atoms with Gasteiger partial charge in [-0.1, -0.05) is 73.7 Å². The third kappa shape index (κ3) is 5.37. The lowest BCUT2D eigenvalue weighted by atomic mass is 9.98. The van der Waals surface area contributed by atoms with Crippen molar-refractivity contribution >= 4 is 21.6 Å². The van der Waals surface area contributed by atoms with E-state index in [2.05, 4.69) is 5.32 Å². The van der Waals surface area contributed by atoms with Gasteiger partial charge in [0.15, 0.2) is 0 Å². The molecule has 6 heteroatoms. The summed E-state index contributed by atoms with van der Waals surface area (Å²) in [6.07, 6.45) is 1.48. The number of hydrogen-bond acceptors (Lipinski definition) is 3. The number of nitrogens with one attached hydrogen (secondary N) is 1. The topological polar surface area (TPSA) is 66.5 Å². The highest BCUT2D eigenvalue weighted by atomic mass is 32.2. The van der Waals surface area contributed by atoms with Gasteiger partial charge in [0.25, 0.3) is 0 Å². The Morgan fingerprint density at radius 3 is 1.84 bits per heavy atom. The van der Waals surface area contributed by atoms with Crippen LogP contribution >= 0.6 is 0 Å². The van der Waals surface area contributed by atoms with Crippen molar-refractivity contribution in [1.29, 1.82) is 0 Å². The van der Waals surface area contributed by atoms with Crippen LogP contribution in [-0.2, 0) is 14.8 Å². The Bertz CT molecular complexity index is 1120. The molecule has 0 radical (unpaired) electrons. The van der Waals surface area contributed by atoms with Crippen molar-refractivity contribution in [2.24, 2.45) is 0 Å². The van der Waals surface area contributed by atoms with Crippen molar-refractivity contribution in [2.75, 3.05) is 10.6 Å². The number of sulfonamides is 1. The van der Waals surface area contributed by atoms with Gasteiger partial charge in [0.1, 0.15) is 6.04 Å². The lowest BCUT2D eigenvalue weighted by molar-refractivity contribution is -0.122. The number of aryl methyl sites for hydroxylation is 2. The van der Waals surface area contributed by atoms with E-state index in [1.165, 1.54) is 4.31 Å². The van der Waals surface area contributed by atoms with Crippen LogP contribution in [-0.4, -0.2) is 26.6 Å². The SMILES string of the molecule is CCC(C(=O)NC(c1ccccc1)c1ccccc1)N(c1ccc(C)c(C)c1)S(C)(=O)=O. The summed E-state index contributed by atoms with van der Waals surface area (Å²) in [6, 6.07) is 23.6. The maximum absolute atomic E-state index is 13.5. The van der Waals surface area contributed by atoms with Crippen molar-refractivity contribution in [3.63, 3.8) is 0 Å². The van der Waals surface area contributed by atoms with Crippen molar-refractivity contribution in [3.05, 3.63) is 101 Å². The van der Waals surface area contributed by atoms with Gasteiger partial charge in [-0.15, -0.1) is 0 Å². The fraction of sp³-hybridized carbons (Fsp3) is 0.269. The Hall–Kier alpha value is -3.12. The first-order chi connectivity index (χ1) is 15.2. The van der Waals surface area contributed by atoms with Crippen LogP contribution in [0.4, 0.5) is 5.69 Å². The van der Waals surface area contributed by atoms with Crippen LogP contribution in [0.3, 0.4) is 0 Å². The lowest BCUT2D eigenvalue weighted by Crippen LogP contribution is -2.50. The number of benzene rings is 3. The molecule has 0 spiro atoms. The van der Waals surface area contributed by atoms with Gasteiger partial charge in [0.2, 0.25) is 15.9 Å².